The molecule has 0 aliphatic carbocycles. The van der Waals surface area contributed by atoms with E-state index in [2.05, 4.69) is 10.6 Å². The number of hydrogen-bond donors (Lipinski definition) is 3. The van der Waals surface area contributed by atoms with Gasteiger partial charge in [-0.3, -0.25) is 4.79 Å². The summed E-state index contributed by atoms with van der Waals surface area (Å²) in [4.78, 5) is 22.9. The molecule has 0 aromatic heterocycles. The second-order valence-corrected chi connectivity index (χ2v) is 5.61. The molecule has 0 aliphatic heterocycles. The Morgan fingerprint density at radius 2 is 2.00 bits per heavy atom. The van der Waals surface area contributed by atoms with Gasteiger partial charge in [-0.15, -0.1) is 0 Å². The fourth-order valence-electron chi connectivity index (χ4n) is 1.59. The van der Waals surface area contributed by atoms with Crippen LogP contribution in [0.3, 0.4) is 0 Å². The monoisotopic (exact) mass is 315 g/mol. The highest BCUT2D eigenvalue weighted by Gasteiger charge is 2.18. The molecule has 1 rings (SSSR count). The molecular formula is C13H18ClN3O2S. The molecule has 0 fully saturated rings. The number of thioether (sulfide) groups is 1. The zero-order chi connectivity index (χ0) is 15.0. The summed E-state index contributed by atoms with van der Waals surface area (Å²) in [6.45, 7) is 0.381. The highest BCUT2D eigenvalue weighted by atomic mass is 35.5. The standard InChI is InChI=1S/C13H18ClN3O2S/c1-20-7-6-11(17-13(15)19)12(18)16-8-9-2-4-10(14)5-3-9/h2-5,11H,6-8H2,1H3,(H,16,18)(H3,15,17,19). The first kappa shape index (κ1) is 16.7. The summed E-state index contributed by atoms with van der Waals surface area (Å²) in [5.74, 6) is 0.520. The molecule has 3 amide bonds. The molecule has 0 bridgehead atoms. The van der Waals surface area contributed by atoms with Gasteiger partial charge in [-0.1, -0.05) is 23.7 Å². The van der Waals surface area contributed by atoms with Gasteiger partial charge in [0.15, 0.2) is 0 Å². The number of primary amides is 1. The van der Waals surface area contributed by atoms with Gasteiger partial charge in [0.25, 0.3) is 0 Å². The van der Waals surface area contributed by atoms with Crippen LogP contribution in [0.1, 0.15) is 12.0 Å². The summed E-state index contributed by atoms with van der Waals surface area (Å²) in [6, 6.07) is 5.89. The highest BCUT2D eigenvalue weighted by Crippen LogP contribution is 2.09. The van der Waals surface area contributed by atoms with Crippen molar-refractivity contribution >= 4 is 35.3 Å². The van der Waals surface area contributed by atoms with Crippen molar-refractivity contribution in [1.82, 2.24) is 10.6 Å². The van der Waals surface area contributed by atoms with E-state index in [9.17, 15) is 9.59 Å². The summed E-state index contributed by atoms with van der Waals surface area (Å²) < 4.78 is 0. The maximum Gasteiger partial charge on any atom is 0.312 e. The lowest BCUT2D eigenvalue weighted by Gasteiger charge is -2.16. The molecule has 0 saturated carbocycles. The molecule has 5 nitrogen and oxygen atoms in total. The Labute approximate surface area is 127 Å². The van der Waals surface area contributed by atoms with E-state index in [1.165, 1.54) is 0 Å². The molecule has 0 spiro atoms. The minimum absolute atomic E-state index is 0.243. The van der Waals surface area contributed by atoms with E-state index in [0.29, 0.717) is 18.0 Å². The molecule has 1 aromatic carbocycles. The summed E-state index contributed by atoms with van der Waals surface area (Å²) >= 11 is 7.39. The van der Waals surface area contributed by atoms with Crippen molar-refractivity contribution < 1.29 is 9.59 Å². The Kier molecular flexibility index (Phi) is 7.25. The summed E-state index contributed by atoms with van der Waals surface area (Å²) in [5, 5.41) is 5.87. The number of amides is 3. The maximum atomic E-state index is 12.0. The van der Waals surface area contributed by atoms with Crippen molar-refractivity contribution in [2.24, 2.45) is 5.73 Å². The van der Waals surface area contributed by atoms with Crippen molar-refractivity contribution in [3.05, 3.63) is 34.9 Å². The van der Waals surface area contributed by atoms with Crippen LogP contribution in [0.4, 0.5) is 4.79 Å². The fourth-order valence-corrected chi connectivity index (χ4v) is 2.19. The number of rotatable bonds is 7. The fraction of sp³-hybridized carbons (Fsp3) is 0.385. The van der Waals surface area contributed by atoms with E-state index in [4.69, 9.17) is 17.3 Å². The van der Waals surface area contributed by atoms with Crippen molar-refractivity contribution in [2.75, 3.05) is 12.0 Å². The summed E-state index contributed by atoms with van der Waals surface area (Å²) in [7, 11) is 0. The summed E-state index contributed by atoms with van der Waals surface area (Å²) in [6.07, 6.45) is 2.48. The Hall–Kier alpha value is -1.40. The topological polar surface area (TPSA) is 84.2 Å². The average Bonchev–Trinajstić information content (AvgIpc) is 2.42. The van der Waals surface area contributed by atoms with Crippen molar-refractivity contribution in [1.29, 1.82) is 0 Å². The molecule has 1 aromatic rings. The Bertz CT molecular complexity index is 453. The molecule has 0 heterocycles. The van der Waals surface area contributed by atoms with E-state index in [1.54, 1.807) is 23.9 Å². The van der Waals surface area contributed by atoms with E-state index >= 15 is 0 Å². The number of benzene rings is 1. The number of urea groups is 1. The van der Waals surface area contributed by atoms with E-state index in [1.807, 2.05) is 18.4 Å². The number of nitrogens with one attached hydrogen (secondary N) is 2. The van der Waals surface area contributed by atoms with Crippen LogP contribution in [0.25, 0.3) is 0 Å². The van der Waals surface area contributed by atoms with Crippen molar-refractivity contribution in [3.8, 4) is 0 Å². The Morgan fingerprint density at radius 3 is 2.55 bits per heavy atom. The van der Waals surface area contributed by atoms with Gasteiger partial charge in [-0.25, -0.2) is 4.79 Å². The average molecular weight is 316 g/mol. The van der Waals surface area contributed by atoms with Gasteiger partial charge in [0.2, 0.25) is 5.91 Å². The zero-order valence-corrected chi connectivity index (χ0v) is 12.8. The van der Waals surface area contributed by atoms with Gasteiger partial charge in [-0.2, -0.15) is 11.8 Å². The number of carbonyl (C=O) groups excluding carboxylic acids is 2. The van der Waals surface area contributed by atoms with Crippen molar-refractivity contribution in [2.45, 2.75) is 19.0 Å². The van der Waals surface area contributed by atoms with Crippen LogP contribution in [0.2, 0.25) is 5.02 Å². The summed E-state index contributed by atoms with van der Waals surface area (Å²) in [5.41, 5.74) is 6.01. The molecule has 20 heavy (non-hydrogen) atoms. The van der Waals surface area contributed by atoms with Gasteiger partial charge in [0.05, 0.1) is 0 Å². The number of halogens is 1. The van der Waals surface area contributed by atoms with Crippen LogP contribution >= 0.6 is 23.4 Å². The van der Waals surface area contributed by atoms with Crippen LogP contribution in [-0.4, -0.2) is 30.0 Å². The van der Waals surface area contributed by atoms with Crippen LogP contribution in [0.15, 0.2) is 24.3 Å². The zero-order valence-electron chi connectivity index (χ0n) is 11.2. The Balaban J connectivity index is 2.51. The molecule has 110 valence electrons. The lowest BCUT2D eigenvalue weighted by Crippen LogP contribution is -2.48. The largest absolute Gasteiger partial charge is 0.352 e. The van der Waals surface area contributed by atoms with Gasteiger partial charge < -0.3 is 16.4 Å². The smallest absolute Gasteiger partial charge is 0.312 e. The number of hydrogen-bond acceptors (Lipinski definition) is 3. The number of nitrogens with two attached hydrogens (primary N) is 1. The van der Waals surface area contributed by atoms with E-state index in [-0.39, 0.29) is 5.91 Å². The SMILES string of the molecule is CSCCC(NC(N)=O)C(=O)NCc1ccc(Cl)cc1. The third-order valence-electron chi connectivity index (χ3n) is 2.62. The van der Waals surface area contributed by atoms with Crippen molar-refractivity contribution in [3.63, 3.8) is 0 Å². The second kappa shape index (κ2) is 8.71. The van der Waals surface area contributed by atoms with Gasteiger partial charge in [0.1, 0.15) is 6.04 Å². The number of carbonyl (C=O) groups is 2. The van der Waals surface area contributed by atoms with Gasteiger partial charge in [0, 0.05) is 11.6 Å². The third kappa shape index (κ3) is 6.16. The first-order valence-corrected chi connectivity index (χ1v) is 7.87. The third-order valence-corrected chi connectivity index (χ3v) is 3.52. The van der Waals surface area contributed by atoms with Crippen LogP contribution < -0.4 is 16.4 Å². The first-order chi connectivity index (χ1) is 9.52. The van der Waals surface area contributed by atoms with Crippen LogP contribution in [0.5, 0.6) is 0 Å². The molecular weight excluding hydrogens is 298 g/mol. The molecule has 1 unspecified atom stereocenters. The molecule has 0 saturated heterocycles. The second-order valence-electron chi connectivity index (χ2n) is 4.19. The van der Waals surface area contributed by atoms with E-state index < -0.39 is 12.1 Å². The Morgan fingerprint density at radius 1 is 1.35 bits per heavy atom. The normalized spacial score (nSPS) is 11.7. The van der Waals surface area contributed by atoms with Gasteiger partial charge in [-0.05, 0) is 36.1 Å². The van der Waals surface area contributed by atoms with Gasteiger partial charge >= 0.3 is 6.03 Å². The minimum atomic E-state index is -0.697. The predicted molar refractivity (Wildman–Crippen MR) is 82.8 cm³/mol. The van der Waals surface area contributed by atoms with Crippen LogP contribution in [0, 0.1) is 0 Å². The van der Waals surface area contributed by atoms with Crippen LogP contribution in [-0.2, 0) is 11.3 Å². The molecule has 4 N–H and O–H groups in total. The molecule has 0 radical (unpaired) electrons. The predicted octanol–water partition coefficient (Wildman–Crippen LogP) is 1.75. The molecule has 7 heteroatoms. The highest BCUT2D eigenvalue weighted by molar-refractivity contribution is 7.98. The van der Waals surface area contributed by atoms with E-state index in [0.717, 1.165) is 11.3 Å². The lowest BCUT2D eigenvalue weighted by molar-refractivity contribution is -0.123. The quantitative estimate of drug-likeness (QED) is 0.716. The molecule has 0 aliphatic rings. The lowest BCUT2D eigenvalue weighted by atomic mass is 10.2. The minimum Gasteiger partial charge on any atom is -0.352 e. The maximum absolute atomic E-state index is 12.0. The molecule has 1 atom stereocenters. The first-order valence-electron chi connectivity index (χ1n) is 6.10.